The molecular formula is C12H19BO4. The highest BCUT2D eigenvalue weighted by atomic mass is 16.7. The van der Waals surface area contributed by atoms with E-state index in [0.717, 1.165) is 5.47 Å². The molecule has 94 valence electrons. The second kappa shape index (κ2) is 3.85. The Hall–Kier alpha value is -0.805. The van der Waals surface area contributed by atoms with E-state index in [1.54, 1.807) is 0 Å². The van der Waals surface area contributed by atoms with Gasteiger partial charge in [0.25, 0.3) is 0 Å². The maximum atomic E-state index is 11.3. The van der Waals surface area contributed by atoms with E-state index in [9.17, 15) is 4.79 Å². The SMILES string of the molecule is COC(=O)C1C=C(B2OC(C)(C)C(C)(C)O2)C1. The molecule has 1 atom stereocenters. The maximum absolute atomic E-state index is 11.3. The first-order valence-corrected chi connectivity index (χ1v) is 5.91. The summed E-state index contributed by atoms with van der Waals surface area (Å²) in [4.78, 5) is 11.3. The van der Waals surface area contributed by atoms with Gasteiger partial charge >= 0.3 is 13.1 Å². The van der Waals surface area contributed by atoms with Crippen LogP contribution in [0.5, 0.6) is 0 Å². The van der Waals surface area contributed by atoms with Crippen LogP contribution in [-0.4, -0.2) is 31.4 Å². The third-order valence-electron chi connectivity index (χ3n) is 3.93. The van der Waals surface area contributed by atoms with Gasteiger partial charge in [0, 0.05) is 0 Å². The summed E-state index contributed by atoms with van der Waals surface area (Å²) in [5, 5.41) is 0. The summed E-state index contributed by atoms with van der Waals surface area (Å²) in [6.07, 6.45) is 2.55. The Bertz CT molecular complexity index is 357. The monoisotopic (exact) mass is 238 g/mol. The van der Waals surface area contributed by atoms with E-state index in [1.807, 2.05) is 33.8 Å². The van der Waals surface area contributed by atoms with Gasteiger partial charge in [-0.25, -0.2) is 0 Å². The molecule has 0 bridgehead atoms. The lowest BCUT2D eigenvalue weighted by molar-refractivity contribution is -0.144. The second-order valence-electron chi connectivity index (χ2n) is 5.66. The van der Waals surface area contributed by atoms with E-state index < -0.39 is 0 Å². The number of hydrogen-bond donors (Lipinski definition) is 0. The first kappa shape index (κ1) is 12.6. The van der Waals surface area contributed by atoms with Crippen LogP contribution in [0.3, 0.4) is 0 Å². The van der Waals surface area contributed by atoms with Crippen LogP contribution in [0.15, 0.2) is 11.5 Å². The minimum atomic E-state index is -0.325. The van der Waals surface area contributed by atoms with Crippen LogP contribution in [0.1, 0.15) is 34.1 Å². The van der Waals surface area contributed by atoms with E-state index in [4.69, 9.17) is 9.31 Å². The third kappa shape index (κ3) is 2.02. The Kier molecular flexibility index (Phi) is 2.87. The van der Waals surface area contributed by atoms with Crippen LogP contribution < -0.4 is 0 Å². The molecule has 1 aliphatic heterocycles. The van der Waals surface area contributed by atoms with Gasteiger partial charge in [-0.3, -0.25) is 4.79 Å². The summed E-state index contributed by atoms with van der Waals surface area (Å²) in [5.74, 6) is -0.320. The van der Waals surface area contributed by atoms with Crippen molar-refractivity contribution in [3.63, 3.8) is 0 Å². The van der Waals surface area contributed by atoms with Gasteiger partial charge in [0.2, 0.25) is 0 Å². The zero-order valence-corrected chi connectivity index (χ0v) is 11.1. The number of methoxy groups -OCH3 is 1. The number of carbonyl (C=O) groups excluding carboxylic acids is 1. The fraction of sp³-hybridized carbons (Fsp3) is 0.750. The summed E-state index contributed by atoms with van der Waals surface area (Å²) in [7, 11) is 1.09. The normalized spacial score (nSPS) is 29.6. The van der Waals surface area contributed by atoms with Crippen LogP contribution in [0.25, 0.3) is 0 Å². The molecule has 0 amide bonds. The largest absolute Gasteiger partial charge is 0.490 e. The zero-order chi connectivity index (χ0) is 12.8. The molecule has 17 heavy (non-hydrogen) atoms. The van der Waals surface area contributed by atoms with Gasteiger partial charge in [0.05, 0.1) is 24.2 Å². The quantitative estimate of drug-likeness (QED) is 0.543. The lowest BCUT2D eigenvalue weighted by Gasteiger charge is -2.32. The smallest absolute Gasteiger partial charge is 0.469 e. The molecule has 2 aliphatic rings. The minimum absolute atomic E-state index is 0.131. The Labute approximate surface area is 102 Å². The highest BCUT2D eigenvalue weighted by molar-refractivity contribution is 6.55. The summed E-state index contributed by atoms with van der Waals surface area (Å²) in [6.45, 7) is 8.07. The van der Waals surface area contributed by atoms with Crippen molar-refractivity contribution in [2.45, 2.75) is 45.3 Å². The number of hydrogen-bond acceptors (Lipinski definition) is 4. The molecule has 4 nitrogen and oxygen atoms in total. The molecule has 0 aromatic rings. The average molecular weight is 238 g/mol. The molecule has 1 unspecified atom stereocenters. The Morgan fingerprint density at radius 1 is 1.35 bits per heavy atom. The van der Waals surface area contributed by atoms with Crippen molar-refractivity contribution in [2.24, 2.45) is 5.92 Å². The number of allylic oxidation sites excluding steroid dienone is 1. The highest BCUT2D eigenvalue weighted by Gasteiger charge is 2.53. The molecule has 1 aliphatic carbocycles. The number of carbonyl (C=O) groups is 1. The van der Waals surface area contributed by atoms with Gasteiger partial charge in [0.1, 0.15) is 0 Å². The average Bonchev–Trinajstić information content (AvgIpc) is 2.32. The number of rotatable bonds is 2. The Morgan fingerprint density at radius 3 is 2.24 bits per heavy atom. The zero-order valence-electron chi connectivity index (χ0n) is 11.1. The van der Waals surface area contributed by atoms with E-state index in [0.29, 0.717) is 6.42 Å². The Balaban J connectivity index is 2.03. The molecule has 0 aromatic carbocycles. The highest BCUT2D eigenvalue weighted by Crippen LogP contribution is 2.42. The maximum Gasteiger partial charge on any atom is 0.490 e. The van der Waals surface area contributed by atoms with Gasteiger partial charge in [-0.15, -0.1) is 0 Å². The van der Waals surface area contributed by atoms with Crippen LogP contribution >= 0.6 is 0 Å². The van der Waals surface area contributed by atoms with Crippen molar-refractivity contribution < 1.29 is 18.8 Å². The fourth-order valence-corrected chi connectivity index (χ4v) is 1.95. The lowest BCUT2D eigenvalue weighted by Crippen LogP contribution is -2.41. The van der Waals surface area contributed by atoms with E-state index >= 15 is 0 Å². The first-order valence-electron chi connectivity index (χ1n) is 5.91. The molecule has 1 saturated heterocycles. The summed E-state index contributed by atoms with van der Waals surface area (Å²) >= 11 is 0. The molecule has 1 heterocycles. The Morgan fingerprint density at radius 2 is 1.82 bits per heavy atom. The molecule has 0 N–H and O–H groups in total. The molecule has 2 rings (SSSR count). The molecule has 0 aromatic heterocycles. The molecule has 0 saturated carbocycles. The summed E-state index contributed by atoms with van der Waals surface area (Å²) in [6, 6.07) is 0. The summed E-state index contributed by atoms with van der Waals surface area (Å²) in [5.41, 5.74) is 0.392. The fourth-order valence-electron chi connectivity index (χ4n) is 1.95. The van der Waals surface area contributed by atoms with Gasteiger partial charge in [0.15, 0.2) is 0 Å². The van der Waals surface area contributed by atoms with Gasteiger partial charge < -0.3 is 14.0 Å². The molecular weight excluding hydrogens is 219 g/mol. The predicted octanol–water partition coefficient (Wildman–Crippen LogP) is 1.74. The van der Waals surface area contributed by atoms with Crippen LogP contribution in [0.2, 0.25) is 0 Å². The van der Waals surface area contributed by atoms with E-state index in [-0.39, 0.29) is 30.2 Å². The van der Waals surface area contributed by atoms with Crippen LogP contribution in [-0.2, 0) is 18.8 Å². The van der Waals surface area contributed by atoms with Crippen molar-refractivity contribution in [3.05, 3.63) is 11.5 Å². The summed E-state index contributed by atoms with van der Waals surface area (Å²) < 4.78 is 16.5. The van der Waals surface area contributed by atoms with Crippen molar-refractivity contribution in [3.8, 4) is 0 Å². The third-order valence-corrected chi connectivity index (χ3v) is 3.93. The van der Waals surface area contributed by atoms with Crippen LogP contribution in [0.4, 0.5) is 0 Å². The van der Waals surface area contributed by atoms with Crippen molar-refractivity contribution >= 4 is 13.1 Å². The van der Waals surface area contributed by atoms with Gasteiger partial charge in [-0.05, 0) is 39.6 Å². The molecule has 5 heteroatoms. The number of esters is 1. The standard InChI is InChI=1S/C12H19BO4/c1-11(2)12(3,4)17-13(16-11)9-6-8(7-9)10(14)15-5/h6,8H,7H2,1-5H3. The van der Waals surface area contributed by atoms with Crippen molar-refractivity contribution in [1.82, 2.24) is 0 Å². The molecule has 0 radical (unpaired) electrons. The lowest BCUT2D eigenvalue weighted by atomic mass is 9.65. The minimum Gasteiger partial charge on any atom is -0.469 e. The van der Waals surface area contributed by atoms with Crippen molar-refractivity contribution in [1.29, 1.82) is 0 Å². The van der Waals surface area contributed by atoms with Gasteiger partial charge in [-0.1, -0.05) is 6.08 Å². The van der Waals surface area contributed by atoms with E-state index in [2.05, 4.69) is 4.74 Å². The van der Waals surface area contributed by atoms with Crippen LogP contribution in [0, 0.1) is 5.92 Å². The van der Waals surface area contributed by atoms with Gasteiger partial charge in [-0.2, -0.15) is 0 Å². The topological polar surface area (TPSA) is 44.8 Å². The van der Waals surface area contributed by atoms with E-state index in [1.165, 1.54) is 7.11 Å². The number of ether oxygens (including phenoxy) is 1. The predicted molar refractivity (Wildman–Crippen MR) is 64.3 cm³/mol. The molecule has 0 spiro atoms. The molecule has 1 fully saturated rings. The van der Waals surface area contributed by atoms with Crippen molar-refractivity contribution in [2.75, 3.05) is 7.11 Å². The second-order valence-corrected chi connectivity index (χ2v) is 5.66. The first-order chi connectivity index (χ1) is 7.77.